The number of ether oxygens (including phenoxy) is 1. The lowest BCUT2D eigenvalue weighted by atomic mass is 10.1. The summed E-state index contributed by atoms with van der Waals surface area (Å²) in [5.41, 5.74) is 7.55. The molecule has 0 aliphatic carbocycles. The molecule has 0 saturated heterocycles. The number of aliphatic imine (C=N–C) groups is 1. The molecular weight excluding hydrogens is 389 g/mol. The van der Waals surface area contributed by atoms with Gasteiger partial charge in [0.25, 0.3) is 0 Å². The van der Waals surface area contributed by atoms with Gasteiger partial charge in [0.2, 0.25) is 0 Å². The van der Waals surface area contributed by atoms with E-state index in [-0.39, 0.29) is 24.3 Å². The Bertz CT molecular complexity index is 1250. The number of halogens is 1. The molecule has 0 fully saturated rings. The second-order valence-electron chi connectivity index (χ2n) is 6.55. The highest BCUT2D eigenvalue weighted by molar-refractivity contribution is 6.15. The van der Waals surface area contributed by atoms with Gasteiger partial charge >= 0.3 is 6.01 Å². The van der Waals surface area contributed by atoms with E-state index in [9.17, 15) is 4.39 Å². The van der Waals surface area contributed by atoms with Crippen LogP contribution in [0.2, 0.25) is 0 Å². The minimum absolute atomic E-state index is 0.0689. The summed E-state index contributed by atoms with van der Waals surface area (Å²) in [7, 11) is 3.75. The second-order valence-corrected chi connectivity index (χ2v) is 6.55. The maximum Gasteiger partial charge on any atom is 0.326 e. The Labute approximate surface area is 170 Å². The summed E-state index contributed by atoms with van der Waals surface area (Å²) >= 11 is 0. The van der Waals surface area contributed by atoms with Crippen molar-refractivity contribution >= 4 is 33.7 Å². The van der Waals surface area contributed by atoms with Crippen LogP contribution in [0.1, 0.15) is 11.4 Å². The number of guanidine groups is 1. The number of rotatable bonds is 2. The van der Waals surface area contributed by atoms with Crippen molar-refractivity contribution in [2.75, 3.05) is 19.4 Å². The Hall–Kier alpha value is -3.86. The number of aromatic amines is 1. The van der Waals surface area contributed by atoms with Crippen molar-refractivity contribution in [1.82, 2.24) is 30.2 Å². The molecule has 5 rings (SSSR count). The molecule has 0 bridgehead atoms. The van der Waals surface area contributed by atoms with Gasteiger partial charge in [0, 0.05) is 16.5 Å². The van der Waals surface area contributed by atoms with Gasteiger partial charge in [-0.3, -0.25) is 0 Å². The normalized spacial score (nSPS) is 12.6. The first kappa shape index (κ1) is 19.5. The molecular formula is C19H20FN9O. The van der Waals surface area contributed by atoms with E-state index >= 15 is 0 Å². The summed E-state index contributed by atoms with van der Waals surface area (Å²) in [5.74, 6) is 1.16. The quantitative estimate of drug-likeness (QED) is 0.395. The fourth-order valence-corrected chi connectivity index (χ4v) is 3.06. The predicted octanol–water partition coefficient (Wildman–Crippen LogP) is 2.22. The van der Waals surface area contributed by atoms with Crippen molar-refractivity contribution in [2.45, 2.75) is 13.5 Å². The Morgan fingerprint density at radius 1 is 1.13 bits per heavy atom. The zero-order chi connectivity index (χ0) is 21.3. The van der Waals surface area contributed by atoms with E-state index in [1.165, 1.54) is 18.5 Å². The number of aromatic nitrogens is 5. The van der Waals surface area contributed by atoms with Crippen molar-refractivity contribution in [2.24, 2.45) is 10.7 Å². The first-order valence-corrected chi connectivity index (χ1v) is 9.13. The molecule has 4 heterocycles. The standard InChI is InChI=1S/C17H13FN8O.C2H7N/c1-7-20-4-8(5-21-7)27-17-25-14-13-12-9(10(18)2-3-11(12)23-14)6-22-16(19)24-15(13)26-17;1-3-2/h2-5H,6H2,1H3,(H4,19,22,23,24,25,26);3H,1-2H3. The number of nitrogens with zero attached hydrogens (tertiary/aromatic N) is 5. The first-order chi connectivity index (χ1) is 14.5. The summed E-state index contributed by atoms with van der Waals surface area (Å²) in [6.45, 7) is 1.89. The van der Waals surface area contributed by atoms with Crippen LogP contribution < -0.4 is 21.1 Å². The number of aryl methyl sites for hydroxylation is 1. The third kappa shape index (κ3) is 3.57. The fraction of sp³-hybridized carbons (Fsp3) is 0.211. The van der Waals surface area contributed by atoms with E-state index in [0.29, 0.717) is 39.4 Å². The van der Waals surface area contributed by atoms with E-state index in [0.717, 1.165) is 5.52 Å². The largest absolute Gasteiger partial charge is 0.421 e. The first-order valence-electron chi connectivity index (χ1n) is 9.13. The molecule has 0 atom stereocenters. The molecule has 0 unspecified atom stereocenters. The Morgan fingerprint density at radius 2 is 1.87 bits per heavy atom. The molecule has 0 saturated carbocycles. The zero-order valence-electron chi connectivity index (χ0n) is 16.6. The predicted molar refractivity (Wildman–Crippen MR) is 112 cm³/mol. The van der Waals surface area contributed by atoms with Crippen molar-refractivity contribution in [1.29, 1.82) is 0 Å². The summed E-state index contributed by atoms with van der Waals surface area (Å²) in [6, 6.07) is 3.12. The van der Waals surface area contributed by atoms with Gasteiger partial charge in [-0.2, -0.15) is 9.97 Å². The summed E-state index contributed by atoms with van der Waals surface area (Å²) in [6.07, 6.45) is 3.06. The van der Waals surface area contributed by atoms with Gasteiger partial charge in [0.1, 0.15) is 23.1 Å². The molecule has 1 aliphatic rings. The van der Waals surface area contributed by atoms with Crippen LogP contribution in [0.15, 0.2) is 29.5 Å². The van der Waals surface area contributed by atoms with Crippen LogP contribution in [0.3, 0.4) is 0 Å². The zero-order valence-corrected chi connectivity index (χ0v) is 16.6. The van der Waals surface area contributed by atoms with Crippen LogP contribution in [0.4, 0.5) is 10.2 Å². The highest BCUT2D eigenvalue weighted by atomic mass is 19.1. The van der Waals surface area contributed by atoms with E-state index < -0.39 is 0 Å². The molecule has 0 amide bonds. The maximum absolute atomic E-state index is 14.4. The summed E-state index contributed by atoms with van der Waals surface area (Å²) in [4.78, 5) is 24.3. The lowest BCUT2D eigenvalue weighted by molar-refractivity contribution is 0.440. The van der Waals surface area contributed by atoms with Gasteiger partial charge in [0.15, 0.2) is 11.7 Å². The van der Waals surface area contributed by atoms with Crippen LogP contribution in [0, 0.1) is 12.7 Å². The van der Waals surface area contributed by atoms with Crippen molar-refractivity contribution < 1.29 is 9.13 Å². The van der Waals surface area contributed by atoms with E-state index in [2.05, 4.69) is 40.5 Å². The molecule has 3 aromatic heterocycles. The molecule has 1 aliphatic heterocycles. The highest BCUT2D eigenvalue weighted by Crippen LogP contribution is 2.36. The van der Waals surface area contributed by atoms with Crippen molar-refractivity contribution in [3.63, 3.8) is 0 Å². The fourth-order valence-electron chi connectivity index (χ4n) is 3.06. The molecule has 10 nitrogen and oxygen atoms in total. The number of H-pyrrole nitrogens is 1. The third-order valence-electron chi connectivity index (χ3n) is 4.27. The number of hydrogen-bond donors (Lipinski definition) is 4. The smallest absolute Gasteiger partial charge is 0.326 e. The molecule has 5 N–H and O–H groups in total. The maximum atomic E-state index is 14.4. The van der Waals surface area contributed by atoms with Crippen molar-refractivity contribution in [3.8, 4) is 11.8 Å². The van der Waals surface area contributed by atoms with Crippen LogP contribution in [0.25, 0.3) is 21.9 Å². The third-order valence-corrected chi connectivity index (χ3v) is 4.27. The lowest BCUT2D eigenvalue weighted by Crippen LogP contribution is -2.24. The summed E-state index contributed by atoms with van der Waals surface area (Å²) in [5, 5.41) is 6.99. The molecule has 11 heteroatoms. The minimum Gasteiger partial charge on any atom is -0.421 e. The molecule has 30 heavy (non-hydrogen) atoms. The van der Waals surface area contributed by atoms with Crippen LogP contribution in [-0.2, 0) is 6.54 Å². The minimum atomic E-state index is -0.357. The topological polar surface area (TPSA) is 139 Å². The monoisotopic (exact) mass is 409 g/mol. The van der Waals surface area contributed by atoms with E-state index in [4.69, 9.17) is 10.5 Å². The number of nitrogens with two attached hydrogens (primary N) is 1. The van der Waals surface area contributed by atoms with Gasteiger partial charge in [-0.15, -0.1) is 0 Å². The average Bonchev–Trinajstić information content (AvgIpc) is 3.07. The molecule has 1 aromatic carbocycles. The molecule has 154 valence electrons. The van der Waals surface area contributed by atoms with Gasteiger partial charge in [-0.1, -0.05) is 0 Å². The highest BCUT2D eigenvalue weighted by Gasteiger charge is 2.21. The van der Waals surface area contributed by atoms with Gasteiger partial charge < -0.3 is 26.1 Å². The number of benzene rings is 1. The van der Waals surface area contributed by atoms with Gasteiger partial charge in [-0.25, -0.2) is 19.4 Å². The van der Waals surface area contributed by atoms with Gasteiger partial charge in [-0.05, 0) is 33.2 Å². The average molecular weight is 409 g/mol. The van der Waals surface area contributed by atoms with Crippen molar-refractivity contribution in [3.05, 3.63) is 41.7 Å². The Kier molecular flexibility index (Phi) is 5.11. The van der Waals surface area contributed by atoms with Crippen LogP contribution >= 0.6 is 0 Å². The number of nitrogens with one attached hydrogen (secondary N) is 3. The van der Waals surface area contributed by atoms with Crippen LogP contribution in [-0.4, -0.2) is 45.0 Å². The number of anilines is 1. The number of hydrogen-bond acceptors (Lipinski definition) is 9. The molecule has 4 aromatic rings. The van der Waals surface area contributed by atoms with E-state index in [1.807, 2.05) is 14.1 Å². The van der Waals surface area contributed by atoms with Crippen LogP contribution in [0.5, 0.6) is 11.8 Å². The van der Waals surface area contributed by atoms with Gasteiger partial charge in [0.05, 0.1) is 24.3 Å². The SMILES string of the molecule is CNC.Cc1ncc(Oc2nc3c4c(n2)[nH]c2ccc(F)c(c24)CN=C(N)N3)cn1. The lowest BCUT2D eigenvalue weighted by Gasteiger charge is -2.12. The second kappa shape index (κ2) is 7.87. The summed E-state index contributed by atoms with van der Waals surface area (Å²) < 4.78 is 20.0. The Balaban J connectivity index is 0.000000687. The molecule has 0 spiro atoms. The Morgan fingerprint density at radius 3 is 2.60 bits per heavy atom. The van der Waals surface area contributed by atoms with E-state index in [1.54, 1.807) is 13.0 Å². The molecule has 0 radical (unpaired) electrons.